The minimum atomic E-state index is -0.216. The van der Waals surface area contributed by atoms with Crippen LogP contribution in [0.5, 0.6) is 0 Å². The number of hydrogen-bond acceptors (Lipinski definition) is 3. The van der Waals surface area contributed by atoms with Crippen molar-refractivity contribution < 1.29 is 4.39 Å². The minimum absolute atomic E-state index is 0.00588. The summed E-state index contributed by atoms with van der Waals surface area (Å²) in [5, 5.41) is 3.46. The Bertz CT molecular complexity index is 533. The molecule has 1 aromatic carbocycles. The Balaban J connectivity index is 2.37. The van der Waals surface area contributed by atoms with Crippen LogP contribution in [0.15, 0.2) is 36.9 Å². The van der Waals surface area contributed by atoms with E-state index in [4.69, 9.17) is 0 Å². The van der Waals surface area contributed by atoms with Crippen LogP contribution in [0.3, 0.4) is 0 Å². The standard InChI is InChI=1S/C14H15FIN3/c1-2-5-19-14(10-7-17-9-18-8-10)12-4-3-11(15)6-13(12)16/h3-4,6-9,14,19H,2,5H2,1H3. The number of rotatable bonds is 5. The van der Waals surface area contributed by atoms with Crippen LogP contribution < -0.4 is 5.32 Å². The van der Waals surface area contributed by atoms with Crippen molar-refractivity contribution in [3.8, 4) is 0 Å². The first-order valence-electron chi connectivity index (χ1n) is 6.15. The van der Waals surface area contributed by atoms with Gasteiger partial charge in [0.25, 0.3) is 0 Å². The van der Waals surface area contributed by atoms with E-state index in [1.807, 2.05) is 6.07 Å². The molecule has 1 aromatic heterocycles. The molecule has 1 atom stereocenters. The first-order valence-corrected chi connectivity index (χ1v) is 7.23. The second kappa shape index (κ2) is 6.91. The molecule has 1 heterocycles. The SMILES string of the molecule is CCCNC(c1cncnc1)c1ccc(F)cc1I. The highest BCUT2D eigenvalue weighted by Crippen LogP contribution is 2.26. The van der Waals surface area contributed by atoms with Crippen LogP contribution in [0.4, 0.5) is 4.39 Å². The summed E-state index contributed by atoms with van der Waals surface area (Å²) in [5.41, 5.74) is 2.03. The zero-order chi connectivity index (χ0) is 13.7. The monoisotopic (exact) mass is 371 g/mol. The predicted molar refractivity (Wildman–Crippen MR) is 81.3 cm³/mol. The molecule has 0 amide bonds. The van der Waals surface area contributed by atoms with E-state index in [0.29, 0.717) is 0 Å². The Morgan fingerprint density at radius 2 is 2.05 bits per heavy atom. The van der Waals surface area contributed by atoms with E-state index < -0.39 is 0 Å². The number of nitrogens with one attached hydrogen (secondary N) is 1. The lowest BCUT2D eigenvalue weighted by Gasteiger charge is -2.20. The lowest BCUT2D eigenvalue weighted by molar-refractivity contribution is 0.587. The fourth-order valence-corrected chi connectivity index (χ4v) is 2.68. The smallest absolute Gasteiger partial charge is 0.124 e. The lowest BCUT2D eigenvalue weighted by Crippen LogP contribution is -2.24. The molecular weight excluding hydrogens is 356 g/mol. The predicted octanol–water partition coefficient (Wildman–Crippen LogP) is 3.31. The minimum Gasteiger partial charge on any atom is -0.306 e. The van der Waals surface area contributed by atoms with E-state index >= 15 is 0 Å². The van der Waals surface area contributed by atoms with Crippen LogP contribution in [0.1, 0.15) is 30.5 Å². The maximum atomic E-state index is 13.2. The Kier molecular flexibility index (Phi) is 5.21. The molecule has 0 aliphatic carbocycles. The van der Waals surface area contributed by atoms with Gasteiger partial charge in [-0.25, -0.2) is 14.4 Å². The van der Waals surface area contributed by atoms with Crippen LogP contribution in [0.2, 0.25) is 0 Å². The Labute approximate surface area is 125 Å². The van der Waals surface area contributed by atoms with Gasteiger partial charge >= 0.3 is 0 Å². The second-order valence-corrected chi connectivity index (χ2v) is 5.39. The van der Waals surface area contributed by atoms with Crippen molar-refractivity contribution >= 4 is 22.6 Å². The Hall–Kier alpha value is -1.08. The molecule has 0 saturated carbocycles. The summed E-state index contributed by atoms with van der Waals surface area (Å²) in [6.45, 7) is 2.99. The van der Waals surface area contributed by atoms with Crippen LogP contribution >= 0.6 is 22.6 Å². The number of benzene rings is 1. The fraction of sp³-hybridized carbons (Fsp3) is 0.286. The van der Waals surface area contributed by atoms with Gasteiger partial charge in [0.1, 0.15) is 12.1 Å². The van der Waals surface area contributed by atoms with Crippen LogP contribution in [0.25, 0.3) is 0 Å². The van der Waals surface area contributed by atoms with E-state index in [1.165, 1.54) is 12.4 Å². The van der Waals surface area contributed by atoms with E-state index in [-0.39, 0.29) is 11.9 Å². The quantitative estimate of drug-likeness (QED) is 0.820. The van der Waals surface area contributed by atoms with Gasteiger partial charge in [0, 0.05) is 21.5 Å². The van der Waals surface area contributed by atoms with Crippen LogP contribution in [0, 0.1) is 9.39 Å². The molecule has 0 fully saturated rings. The highest BCUT2D eigenvalue weighted by Gasteiger charge is 2.16. The van der Waals surface area contributed by atoms with Crippen molar-refractivity contribution in [3.05, 3.63) is 57.4 Å². The molecule has 0 saturated heterocycles. The molecule has 1 unspecified atom stereocenters. The second-order valence-electron chi connectivity index (χ2n) is 4.22. The van der Waals surface area contributed by atoms with Crippen molar-refractivity contribution in [3.63, 3.8) is 0 Å². The van der Waals surface area contributed by atoms with E-state index in [9.17, 15) is 4.39 Å². The average Bonchev–Trinajstić information content (AvgIpc) is 2.42. The summed E-state index contributed by atoms with van der Waals surface area (Å²) in [4.78, 5) is 8.12. The van der Waals surface area contributed by atoms with Crippen LogP contribution in [-0.4, -0.2) is 16.5 Å². The van der Waals surface area contributed by atoms with E-state index in [0.717, 1.165) is 27.7 Å². The average molecular weight is 371 g/mol. The molecule has 2 aromatic rings. The van der Waals surface area contributed by atoms with Gasteiger partial charge in [-0.3, -0.25) is 0 Å². The van der Waals surface area contributed by atoms with E-state index in [1.54, 1.807) is 18.5 Å². The maximum Gasteiger partial charge on any atom is 0.124 e. The number of halogens is 2. The van der Waals surface area contributed by atoms with Gasteiger partial charge in [-0.2, -0.15) is 0 Å². The highest BCUT2D eigenvalue weighted by atomic mass is 127. The topological polar surface area (TPSA) is 37.8 Å². The molecule has 0 aliphatic heterocycles. The highest BCUT2D eigenvalue weighted by molar-refractivity contribution is 14.1. The molecule has 1 N–H and O–H groups in total. The first-order chi connectivity index (χ1) is 9.22. The summed E-state index contributed by atoms with van der Waals surface area (Å²) in [6, 6.07) is 4.84. The van der Waals surface area contributed by atoms with Gasteiger partial charge < -0.3 is 5.32 Å². The normalized spacial score (nSPS) is 12.4. The van der Waals surface area contributed by atoms with Crippen molar-refractivity contribution in [2.75, 3.05) is 6.54 Å². The molecule has 19 heavy (non-hydrogen) atoms. The maximum absolute atomic E-state index is 13.2. The van der Waals surface area contributed by atoms with Gasteiger partial charge in [0.05, 0.1) is 6.04 Å². The third-order valence-electron chi connectivity index (χ3n) is 2.79. The molecular formula is C14H15FIN3. The largest absolute Gasteiger partial charge is 0.306 e. The summed E-state index contributed by atoms with van der Waals surface area (Å²) in [6.07, 6.45) is 6.12. The molecule has 0 radical (unpaired) electrons. The number of aromatic nitrogens is 2. The summed E-state index contributed by atoms with van der Waals surface area (Å²) >= 11 is 2.16. The Morgan fingerprint density at radius 3 is 2.68 bits per heavy atom. The van der Waals surface area contributed by atoms with Gasteiger partial charge in [-0.1, -0.05) is 13.0 Å². The molecule has 2 rings (SSSR count). The summed E-state index contributed by atoms with van der Waals surface area (Å²) < 4.78 is 14.1. The third kappa shape index (κ3) is 3.70. The molecule has 0 bridgehead atoms. The van der Waals surface area contributed by atoms with Crippen molar-refractivity contribution in [2.45, 2.75) is 19.4 Å². The molecule has 5 heteroatoms. The third-order valence-corrected chi connectivity index (χ3v) is 3.72. The number of hydrogen-bond donors (Lipinski definition) is 1. The van der Waals surface area contributed by atoms with Crippen molar-refractivity contribution in [2.24, 2.45) is 0 Å². The lowest BCUT2D eigenvalue weighted by atomic mass is 10.0. The van der Waals surface area contributed by atoms with Crippen molar-refractivity contribution in [1.29, 1.82) is 0 Å². The van der Waals surface area contributed by atoms with E-state index in [2.05, 4.69) is 44.8 Å². The van der Waals surface area contributed by atoms with Gasteiger partial charge in [-0.05, 0) is 53.3 Å². The zero-order valence-corrected chi connectivity index (χ0v) is 12.8. The summed E-state index contributed by atoms with van der Waals surface area (Å²) in [5.74, 6) is -0.216. The van der Waals surface area contributed by atoms with Gasteiger partial charge in [0.15, 0.2) is 0 Å². The first kappa shape index (κ1) is 14.3. The molecule has 100 valence electrons. The Morgan fingerprint density at radius 1 is 1.32 bits per heavy atom. The molecule has 3 nitrogen and oxygen atoms in total. The van der Waals surface area contributed by atoms with Crippen LogP contribution in [-0.2, 0) is 0 Å². The summed E-state index contributed by atoms with van der Waals surface area (Å²) in [7, 11) is 0. The number of nitrogens with zero attached hydrogens (tertiary/aromatic N) is 2. The van der Waals surface area contributed by atoms with Crippen molar-refractivity contribution in [1.82, 2.24) is 15.3 Å². The molecule has 0 spiro atoms. The van der Waals surface area contributed by atoms with Gasteiger partial charge in [-0.15, -0.1) is 0 Å². The van der Waals surface area contributed by atoms with Gasteiger partial charge in [0.2, 0.25) is 0 Å². The molecule has 0 aliphatic rings. The zero-order valence-electron chi connectivity index (χ0n) is 10.6. The fourth-order valence-electron chi connectivity index (χ4n) is 1.89.